The van der Waals surface area contributed by atoms with Crippen LogP contribution in [0.5, 0.6) is 5.75 Å². The third-order valence-corrected chi connectivity index (χ3v) is 7.77. The average molecular weight is 449 g/mol. The zero-order valence-electron chi connectivity index (χ0n) is 18.9. The Morgan fingerprint density at radius 2 is 1.12 bits per heavy atom. The van der Waals surface area contributed by atoms with Crippen molar-refractivity contribution >= 4 is 0 Å². The summed E-state index contributed by atoms with van der Waals surface area (Å²) in [7, 11) is 0. The second kappa shape index (κ2) is 9.84. The molecule has 0 heterocycles. The van der Waals surface area contributed by atoms with Crippen LogP contribution in [0.15, 0.2) is 24.3 Å². The second-order valence-electron chi connectivity index (χ2n) is 9.54. The van der Waals surface area contributed by atoms with Crippen molar-refractivity contribution in [1.82, 2.24) is 0 Å². The van der Waals surface area contributed by atoms with Gasteiger partial charge in [-0.15, -0.1) is 0 Å². The quantitative estimate of drug-likeness (QED) is 0.419. The molecule has 0 spiro atoms. The molecule has 2 aromatic rings. The van der Waals surface area contributed by atoms with E-state index >= 15 is 0 Å². The molecule has 0 unspecified atom stereocenters. The molecule has 0 amide bonds. The van der Waals surface area contributed by atoms with Crippen molar-refractivity contribution < 1.29 is 22.3 Å². The van der Waals surface area contributed by atoms with Crippen LogP contribution < -0.4 is 4.74 Å². The summed E-state index contributed by atoms with van der Waals surface area (Å²) in [6.07, 6.45) is 7.50. The Morgan fingerprint density at radius 1 is 0.656 bits per heavy atom. The summed E-state index contributed by atoms with van der Waals surface area (Å²) in [5, 5.41) is 0. The molecule has 32 heavy (non-hydrogen) atoms. The normalized spacial score (nSPS) is 26.2. The molecule has 0 bridgehead atoms. The molecule has 1 nitrogen and oxygen atoms in total. The van der Waals surface area contributed by atoms with Gasteiger partial charge in [0.25, 0.3) is 0 Å². The van der Waals surface area contributed by atoms with Crippen LogP contribution in [0, 0.1) is 42.0 Å². The SMILES string of the molecule is CCOc1ccc(C2CCC(C3CCC(c4ccc(C)c(F)c4F)CC3)CC2)c(F)c1F. The minimum atomic E-state index is -0.885. The van der Waals surface area contributed by atoms with Crippen LogP contribution in [-0.2, 0) is 0 Å². The van der Waals surface area contributed by atoms with Gasteiger partial charge in [-0.1, -0.05) is 18.2 Å². The number of hydrogen-bond donors (Lipinski definition) is 0. The van der Waals surface area contributed by atoms with E-state index in [-0.39, 0.29) is 17.6 Å². The van der Waals surface area contributed by atoms with Gasteiger partial charge in [-0.3, -0.25) is 0 Å². The molecule has 2 aliphatic carbocycles. The van der Waals surface area contributed by atoms with Crippen LogP contribution in [0.2, 0.25) is 0 Å². The van der Waals surface area contributed by atoms with Gasteiger partial charge in [0.05, 0.1) is 6.61 Å². The van der Waals surface area contributed by atoms with E-state index in [1.54, 1.807) is 32.0 Å². The van der Waals surface area contributed by atoms with Crippen molar-refractivity contribution in [3.8, 4) is 5.75 Å². The fraction of sp³-hybridized carbons (Fsp3) is 0.556. The van der Waals surface area contributed by atoms with Crippen LogP contribution in [0.4, 0.5) is 17.6 Å². The van der Waals surface area contributed by atoms with Crippen molar-refractivity contribution in [3.05, 3.63) is 64.2 Å². The smallest absolute Gasteiger partial charge is 0.200 e. The van der Waals surface area contributed by atoms with E-state index in [0.29, 0.717) is 35.1 Å². The molecule has 2 aliphatic rings. The van der Waals surface area contributed by atoms with Crippen molar-refractivity contribution in [2.24, 2.45) is 11.8 Å². The number of benzene rings is 2. The zero-order chi connectivity index (χ0) is 22.8. The van der Waals surface area contributed by atoms with Crippen LogP contribution in [0.25, 0.3) is 0 Å². The second-order valence-corrected chi connectivity index (χ2v) is 9.54. The van der Waals surface area contributed by atoms with Gasteiger partial charge >= 0.3 is 0 Å². The highest BCUT2D eigenvalue weighted by atomic mass is 19.2. The number of aryl methyl sites for hydroxylation is 1. The molecule has 4 rings (SSSR count). The Hall–Kier alpha value is -2.04. The molecule has 0 aliphatic heterocycles. The van der Waals surface area contributed by atoms with Gasteiger partial charge in [0.1, 0.15) is 0 Å². The largest absolute Gasteiger partial charge is 0.491 e. The molecule has 0 atom stereocenters. The molecule has 2 saturated carbocycles. The van der Waals surface area contributed by atoms with Crippen LogP contribution in [0.3, 0.4) is 0 Å². The first-order valence-electron chi connectivity index (χ1n) is 12.0. The maximum atomic E-state index is 14.6. The molecule has 2 aromatic carbocycles. The first-order chi connectivity index (χ1) is 15.4. The van der Waals surface area contributed by atoms with Gasteiger partial charge in [-0.25, -0.2) is 13.2 Å². The van der Waals surface area contributed by atoms with E-state index in [0.717, 1.165) is 51.4 Å². The fourth-order valence-corrected chi connectivity index (χ4v) is 5.91. The predicted octanol–water partition coefficient (Wildman–Crippen LogP) is 8.20. The Kier molecular flexibility index (Phi) is 7.11. The number of halogens is 4. The Bertz CT molecular complexity index is 941. The van der Waals surface area contributed by atoms with Crippen molar-refractivity contribution in [2.45, 2.75) is 77.0 Å². The van der Waals surface area contributed by atoms with Crippen molar-refractivity contribution in [3.63, 3.8) is 0 Å². The summed E-state index contributed by atoms with van der Waals surface area (Å²) in [6, 6.07) is 6.63. The third kappa shape index (κ3) is 4.53. The Balaban J connectivity index is 1.33. The number of ether oxygens (including phenoxy) is 1. The standard InChI is InChI=1S/C27H32F4O/c1-3-32-23-15-14-22(26(30)27(23)31)20-11-7-18(8-12-20)17-5-9-19(10-6-17)21-13-4-16(2)24(28)25(21)29/h4,13-15,17-20H,3,5-12H2,1-2H3. The Morgan fingerprint density at radius 3 is 1.62 bits per heavy atom. The Labute approximate surface area is 188 Å². The molecule has 0 radical (unpaired) electrons. The lowest BCUT2D eigenvalue weighted by molar-refractivity contribution is 0.175. The lowest BCUT2D eigenvalue weighted by Crippen LogP contribution is -2.25. The summed E-state index contributed by atoms with van der Waals surface area (Å²) in [5.41, 5.74) is 1.33. The van der Waals surface area contributed by atoms with E-state index in [4.69, 9.17) is 4.74 Å². The van der Waals surface area contributed by atoms with Crippen LogP contribution in [0.1, 0.15) is 86.8 Å². The molecule has 2 fully saturated rings. The van der Waals surface area contributed by atoms with E-state index in [2.05, 4.69) is 0 Å². The van der Waals surface area contributed by atoms with Crippen molar-refractivity contribution in [1.29, 1.82) is 0 Å². The predicted molar refractivity (Wildman–Crippen MR) is 118 cm³/mol. The minimum Gasteiger partial charge on any atom is -0.491 e. The fourth-order valence-electron chi connectivity index (χ4n) is 5.91. The topological polar surface area (TPSA) is 9.23 Å². The number of hydrogen-bond acceptors (Lipinski definition) is 1. The highest BCUT2D eigenvalue weighted by Crippen LogP contribution is 2.46. The maximum absolute atomic E-state index is 14.6. The van der Waals surface area contributed by atoms with E-state index in [1.165, 1.54) is 6.07 Å². The van der Waals surface area contributed by atoms with Gasteiger partial charge < -0.3 is 4.74 Å². The summed E-state index contributed by atoms with van der Waals surface area (Å²) in [4.78, 5) is 0. The highest BCUT2D eigenvalue weighted by Gasteiger charge is 2.33. The first-order valence-corrected chi connectivity index (χ1v) is 12.0. The third-order valence-electron chi connectivity index (χ3n) is 7.77. The number of rotatable bonds is 5. The zero-order valence-corrected chi connectivity index (χ0v) is 18.9. The average Bonchev–Trinajstić information content (AvgIpc) is 2.81. The molecule has 5 heteroatoms. The summed E-state index contributed by atoms with van der Waals surface area (Å²) >= 11 is 0. The first kappa shape index (κ1) is 23.1. The van der Waals surface area contributed by atoms with Crippen LogP contribution >= 0.6 is 0 Å². The molecular weight excluding hydrogens is 416 g/mol. The maximum Gasteiger partial charge on any atom is 0.200 e. The molecule has 0 N–H and O–H groups in total. The monoisotopic (exact) mass is 448 g/mol. The molecule has 174 valence electrons. The highest BCUT2D eigenvalue weighted by molar-refractivity contribution is 5.33. The molecule has 0 aromatic heterocycles. The van der Waals surface area contributed by atoms with Crippen LogP contribution in [-0.4, -0.2) is 6.61 Å². The van der Waals surface area contributed by atoms with E-state index < -0.39 is 23.3 Å². The summed E-state index contributed by atoms with van der Waals surface area (Å²) in [5.74, 6) is -1.81. The van der Waals surface area contributed by atoms with E-state index in [9.17, 15) is 17.6 Å². The van der Waals surface area contributed by atoms with Crippen molar-refractivity contribution in [2.75, 3.05) is 6.61 Å². The lowest BCUT2D eigenvalue weighted by atomic mass is 9.67. The van der Waals surface area contributed by atoms with Gasteiger partial charge in [0, 0.05) is 0 Å². The van der Waals surface area contributed by atoms with Gasteiger partial charge in [0.15, 0.2) is 23.2 Å². The van der Waals surface area contributed by atoms with E-state index in [1.807, 2.05) is 0 Å². The molecule has 0 saturated heterocycles. The summed E-state index contributed by atoms with van der Waals surface area (Å²) < 4.78 is 62.4. The summed E-state index contributed by atoms with van der Waals surface area (Å²) in [6.45, 7) is 3.63. The van der Waals surface area contributed by atoms with Gasteiger partial charge in [-0.05, 0) is 112 Å². The molecular formula is C27H32F4O. The van der Waals surface area contributed by atoms with Gasteiger partial charge in [0.2, 0.25) is 5.82 Å². The lowest BCUT2D eigenvalue weighted by Gasteiger charge is -2.38. The van der Waals surface area contributed by atoms with Gasteiger partial charge in [-0.2, -0.15) is 4.39 Å². The minimum absolute atomic E-state index is 0.0240.